The van der Waals surface area contributed by atoms with E-state index in [9.17, 15) is 4.79 Å². The second kappa shape index (κ2) is 5.70. The molecule has 1 aliphatic rings. The van der Waals surface area contributed by atoms with Crippen LogP contribution in [0.2, 0.25) is 0 Å². The van der Waals surface area contributed by atoms with Crippen molar-refractivity contribution in [3.05, 3.63) is 40.0 Å². The van der Waals surface area contributed by atoms with E-state index in [0.717, 1.165) is 35.0 Å². The summed E-state index contributed by atoms with van der Waals surface area (Å²) in [5.41, 5.74) is 3.13. The lowest BCUT2D eigenvalue weighted by atomic mass is 9.86. The van der Waals surface area contributed by atoms with E-state index in [1.165, 1.54) is 5.56 Å². The minimum atomic E-state index is 0.179. The van der Waals surface area contributed by atoms with E-state index < -0.39 is 0 Å². The largest absolute Gasteiger partial charge is 0.361 e. The number of aryl methyl sites for hydroxylation is 1. The van der Waals surface area contributed by atoms with Crippen LogP contribution in [0.4, 0.5) is 5.69 Å². The fourth-order valence-corrected chi connectivity index (χ4v) is 2.46. The van der Waals surface area contributed by atoms with Crippen molar-refractivity contribution < 1.29 is 4.79 Å². The van der Waals surface area contributed by atoms with Crippen LogP contribution in [0, 0.1) is 12.8 Å². The molecular formula is C15H18BrNO. The predicted octanol–water partition coefficient (Wildman–Crippen LogP) is 4.44. The molecule has 1 atom stereocenters. The van der Waals surface area contributed by atoms with Crippen LogP contribution < -0.4 is 5.32 Å². The van der Waals surface area contributed by atoms with Gasteiger partial charge in [0.15, 0.2) is 5.78 Å². The van der Waals surface area contributed by atoms with E-state index >= 15 is 0 Å². The number of allylic oxidation sites excluding steroid dienone is 1. The Morgan fingerprint density at radius 1 is 1.44 bits per heavy atom. The highest BCUT2D eigenvalue weighted by molar-refractivity contribution is 9.10. The molecule has 2 rings (SSSR count). The summed E-state index contributed by atoms with van der Waals surface area (Å²) < 4.78 is 1.10. The molecule has 0 bridgehead atoms. The molecule has 0 saturated heterocycles. The number of anilines is 1. The summed E-state index contributed by atoms with van der Waals surface area (Å²) in [5.74, 6) is 0.473. The Bertz CT molecular complexity index is 493. The molecule has 96 valence electrons. The molecule has 0 heterocycles. The number of ketones is 1. The van der Waals surface area contributed by atoms with E-state index in [4.69, 9.17) is 0 Å². The summed E-state index contributed by atoms with van der Waals surface area (Å²) in [7, 11) is 0. The van der Waals surface area contributed by atoms with Gasteiger partial charge < -0.3 is 5.32 Å². The molecule has 1 fully saturated rings. The third-order valence-corrected chi connectivity index (χ3v) is 4.31. The second-order valence-electron chi connectivity index (χ2n) is 4.94. The van der Waals surface area contributed by atoms with Gasteiger partial charge in [0, 0.05) is 27.9 Å². The van der Waals surface area contributed by atoms with Crippen molar-refractivity contribution in [2.75, 3.05) is 5.32 Å². The van der Waals surface area contributed by atoms with Gasteiger partial charge in [-0.1, -0.05) is 22.9 Å². The quantitative estimate of drug-likeness (QED) is 0.818. The molecule has 18 heavy (non-hydrogen) atoms. The number of nitrogens with one attached hydrogen (secondary N) is 1. The number of hydrogen-bond acceptors (Lipinski definition) is 2. The zero-order chi connectivity index (χ0) is 13.1. The summed E-state index contributed by atoms with van der Waals surface area (Å²) in [6.45, 7) is 4.06. The van der Waals surface area contributed by atoms with Gasteiger partial charge in [-0.05, 0) is 49.9 Å². The summed E-state index contributed by atoms with van der Waals surface area (Å²) in [6.07, 6.45) is 4.90. The van der Waals surface area contributed by atoms with Crippen molar-refractivity contribution in [1.82, 2.24) is 0 Å². The van der Waals surface area contributed by atoms with Gasteiger partial charge in [-0.3, -0.25) is 4.79 Å². The van der Waals surface area contributed by atoms with Crippen LogP contribution in [0.5, 0.6) is 0 Å². The molecular weight excluding hydrogens is 290 g/mol. The minimum Gasteiger partial charge on any atom is -0.361 e. The summed E-state index contributed by atoms with van der Waals surface area (Å²) in [6, 6.07) is 6.09. The Hall–Kier alpha value is -1.09. The maximum absolute atomic E-state index is 12.0. The maximum Gasteiger partial charge on any atom is 0.163 e. The molecule has 0 aliphatic heterocycles. The van der Waals surface area contributed by atoms with Crippen LogP contribution >= 0.6 is 15.9 Å². The summed E-state index contributed by atoms with van der Waals surface area (Å²) in [5, 5.41) is 3.23. The molecule has 1 aliphatic carbocycles. The molecule has 1 N–H and O–H groups in total. The smallest absolute Gasteiger partial charge is 0.163 e. The van der Waals surface area contributed by atoms with Gasteiger partial charge in [0.1, 0.15) is 0 Å². The van der Waals surface area contributed by atoms with Crippen molar-refractivity contribution in [3.63, 3.8) is 0 Å². The first-order valence-electron chi connectivity index (χ1n) is 6.34. The average molecular weight is 308 g/mol. The van der Waals surface area contributed by atoms with Crippen molar-refractivity contribution in [2.45, 2.75) is 33.1 Å². The second-order valence-corrected chi connectivity index (χ2v) is 5.79. The molecule has 0 amide bonds. The standard InChI is InChI=1S/C15H18BrNO/c1-10-4-3-5-12(15(10)18)9-17-13-6-7-14(16)11(2)8-13/h6-10,17H,3-5H2,1-2H3/b12-9-/t10-/m1/s1. The number of halogens is 1. The zero-order valence-corrected chi connectivity index (χ0v) is 12.4. The molecule has 0 radical (unpaired) electrons. The van der Waals surface area contributed by atoms with Crippen LogP contribution in [0.15, 0.2) is 34.4 Å². The van der Waals surface area contributed by atoms with Gasteiger partial charge in [0.25, 0.3) is 0 Å². The van der Waals surface area contributed by atoms with Crippen LogP contribution in [0.25, 0.3) is 0 Å². The van der Waals surface area contributed by atoms with Gasteiger partial charge in [-0.25, -0.2) is 0 Å². The Morgan fingerprint density at radius 2 is 2.22 bits per heavy atom. The van der Waals surface area contributed by atoms with E-state index in [1.54, 1.807) is 0 Å². The lowest BCUT2D eigenvalue weighted by Gasteiger charge is -2.19. The highest BCUT2D eigenvalue weighted by atomic mass is 79.9. The Morgan fingerprint density at radius 3 is 2.94 bits per heavy atom. The Labute approximate surface area is 117 Å². The van der Waals surface area contributed by atoms with Gasteiger partial charge >= 0.3 is 0 Å². The summed E-state index contributed by atoms with van der Waals surface area (Å²) in [4.78, 5) is 12.0. The van der Waals surface area contributed by atoms with Gasteiger partial charge in [0.05, 0.1) is 0 Å². The number of carbonyl (C=O) groups is 1. The lowest BCUT2D eigenvalue weighted by molar-refractivity contribution is -0.119. The van der Waals surface area contributed by atoms with E-state index in [-0.39, 0.29) is 5.92 Å². The fraction of sp³-hybridized carbons (Fsp3) is 0.400. The molecule has 0 aromatic heterocycles. The van der Waals surface area contributed by atoms with Gasteiger partial charge in [-0.2, -0.15) is 0 Å². The average Bonchev–Trinajstić information content (AvgIpc) is 2.35. The highest BCUT2D eigenvalue weighted by Crippen LogP contribution is 2.25. The monoisotopic (exact) mass is 307 g/mol. The molecule has 0 spiro atoms. The third kappa shape index (κ3) is 3.02. The normalized spacial score (nSPS) is 22.3. The number of hydrogen-bond donors (Lipinski definition) is 1. The van der Waals surface area contributed by atoms with E-state index in [0.29, 0.717) is 5.78 Å². The van der Waals surface area contributed by atoms with Crippen molar-refractivity contribution in [3.8, 4) is 0 Å². The number of rotatable bonds is 2. The summed E-state index contributed by atoms with van der Waals surface area (Å²) >= 11 is 3.48. The van der Waals surface area contributed by atoms with Crippen LogP contribution in [0.3, 0.4) is 0 Å². The maximum atomic E-state index is 12.0. The first-order chi connectivity index (χ1) is 8.58. The van der Waals surface area contributed by atoms with E-state index in [2.05, 4.69) is 34.2 Å². The number of carbonyl (C=O) groups excluding carboxylic acids is 1. The number of benzene rings is 1. The first kappa shape index (κ1) is 13.3. The number of Topliss-reactive ketones (excluding diaryl/α,β-unsaturated/α-hetero) is 1. The topological polar surface area (TPSA) is 29.1 Å². The van der Waals surface area contributed by atoms with Crippen molar-refractivity contribution in [1.29, 1.82) is 0 Å². The van der Waals surface area contributed by atoms with E-state index in [1.807, 2.05) is 25.3 Å². The molecule has 1 aromatic rings. The van der Waals surface area contributed by atoms with Gasteiger partial charge in [-0.15, -0.1) is 0 Å². The predicted molar refractivity (Wildman–Crippen MR) is 78.6 cm³/mol. The zero-order valence-electron chi connectivity index (χ0n) is 10.8. The van der Waals surface area contributed by atoms with Crippen molar-refractivity contribution >= 4 is 27.4 Å². The molecule has 2 nitrogen and oxygen atoms in total. The lowest BCUT2D eigenvalue weighted by Crippen LogP contribution is -2.19. The highest BCUT2D eigenvalue weighted by Gasteiger charge is 2.22. The minimum absolute atomic E-state index is 0.179. The Kier molecular flexibility index (Phi) is 4.23. The van der Waals surface area contributed by atoms with Crippen LogP contribution in [-0.4, -0.2) is 5.78 Å². The first-order valence-corrected chi connectivity index (χ1v) is 7.13. The molecule has 1 aromatic carbocycles. The van der Waals surface area contributed by atoms with Crippen molar-refractivity contribution in [2.24, 2.45) is 5.92 Å². The Balaban J connectivity index is 2.09. The fourth-order valence-electron chi connectivity index (χ4n) is 2.22. The van der Waals surface area contributed by atoms with Gasteiger partial charge in [0.2, 0.25) is 0 Å². The van der Waals surface area contributed by atoms with Crippen LogP contribution in [0.1, 0.15) is 31.7 Å². The molecule has 3 heteroatoms. The third-order valence-electron chi connectivity index (χ3n) is 3.42. The van der Waals surface area contributed by atoms with Crippen LogP contribution in [-0.2, 0) is 4.79 Å². The molecule has 0 unspecified atom stereocenters. The SMILES string of the molecule is Cc1cc(N/C=C2/CCC[C@@H](C)C2=O)ccc1Br. The molecule has 1 saturated carbocycles.